The molecule has 1 aromatic rings. The highest BCUT2D eigenvalue weighted by atomic mass is 15.1. The van der Waals surface area contributed by atoms with Crippen molar-refractivity contribution in [2.75, 3.05) is 19.0 Å². The SMILES string of the molecule is CN(C)c1cccc(CN=C(N)NC2CCCCC2)c1. The molecule has 4 nitrogen and oxygen atoms in total. The van der Waals surface area contributed by atoms with E-state index in [1.807, 2.05) is 14.1 Å². The molecule has 0 bridgehead atoms. The Kier molecular flexibility index (Phi) is 5.27. The summed E-state index contributed by atoms with van der Waals surface area (Å²) in [5.74, 6) is 0.576. The second-order valence-electron chi connectivity index (χ2n) is 5.75. The number of aliphatic imine (C=N–C) groups is 1. The third kappa shape index (κ3) is 4.44. The zero-order valence-corrected chi connectivity index (χ0v) is 12.6. The molecule has 0 heterocycles. The van der Waals surface area contributed by atoms with E-state index in [0.717, 1.165) is 0 Å². The van der Waals surface area contributed by atoms with Crippen molar-refractivity contribution in [3.8, 4) is 0 Å². The number of nitrogens with two attached hydrogens (primary N) is 1. The molecule has 3 N–H and O–H groups in total. The normalized spacial score (nSPS) is 17.0. The molecule has 1 aliphatic carbocycles. The molecule has 20 heavy (non-hydrogen) atoms. The zero-order chi connectivity index (χ0) is 14.4. The first kappa shape index (κ1) is 14.7. The van der Waals surface area contributed by atoms with E-state index in [2.05, 4.69) is 39.5 Å². The van der Waals surface area contributed by atoms with Crippen molar-refractivity contribution in [3.05, 3.63) is 29.8 Å². The van der Waals surface area contributed by atoms with E-state index in [4.69, 9.17) is 5.73 Å². The maximum Gasteiger partial charge on any atom is 0.189 e. The molecule has 0 radical (unpaired) electrons. The molecule has 1 aromatic carbocycles. The van der Waals surface area contributed by atoms with E-state index in [1.54, 1.807) is 0 Å². The average molecular weight is 274 g/mol. The predicted molar refractivity (Wildman–Crippen MR) is 86.1 cm³/mol. The van der Waals surface area contributed by atoms with Crippen LogP contribution < -0.4 is 16.0 Å². The van der Waals surface area contributed by atoms with Gasteiger partial charge in [-0.3, -0.25) is 0 Å². The summed E-state index contributed by atoms with van der Waals surface area (Å²) in [6, 6.07) is 8.91. The molecule has 0 saturated heterocycles. The summed E-state index contributed by atoms with van der Waals surface area (Å²) in [6.07, 6.45) is 6.39. The molecule has 0 atom stereocenters. The van der Waals surface area contributed by atoms with E-state index in [0.29, 0.717) is 18.5 Å². The van der Waals surface area contributed by atoms with Crippen LogP contribution in [0.25, 0.3) is 0 Å². The van der Waals surface area contributed by atoms with Crippen LogP contribution in [-0.4, -0.2) is 26.1 Å². The molecule has 0 aliphatic heterocycles. The van der Waals surface area contributed by atoms with Crippen LogP contribution >= 0.6 is 0 Å². The number of benzene rings is 1. The number of nitrogens with one attached hydrogen (secondary N) is 1. The number of guanidine groups is 1. The molecular formula is C16H26N4. The van der Waals surface area contributed by atoms with Crippen LogP contribution in [0.4, 0.5) is 5.69 Å². The molecule has 4 heteroatoms. The van der Waals surface area contributed by atoms with E-state index >= 15 is 0 Å². The standard InChI is InChI=1S/C16H26N4/c1-20(2)15-10-6-7-13(11-15)12-18-16(17)19-14-8-4-3-5-9-14/h6-7,10-11,14H,3-5,8-9,12H2,1-2H3,(H3,17,18,19). The second kappa shape index (κ2) is 7.17. The van der Waals surface area contributed by atoms with Gasteiger partial charge in [-0.1, -0.05) is 31.4 Å². The predicted octanol–water partition coefficient (Wildman–Crippen LogP) is 2.49. The summed E-state index contributed by atoms with van der Waals surface area (Å²) < 4.78 is 0. The lowest BCUT2D eigenvalue weighted by atomic mass is 9.96. The van der Waals surface area contributed by atoms with Crippen LogP contribution in [0.5, 0.6) is 0 Å². The minimum absolute atomic E-state index is 0.514. The zero-order valence-electron chi connectivity index (χ0n) is 12.6. The van der Waals surface area contributed by atoms with Crippen LogP contribution in [0.2, 0.25) is 0 Å². The number of nitrogens with zero attached hydrogens (tertiary/aromatic N) is 2. The van der Waals surface area contributed by atoms with Crippen molar-refractivity contribution in [1.82, 2.24) is 5.32 Å². The van der Waals surface area contributed by atoms with E-state index in [9.17, 15) is 0 Å². The highest BCUT2D eigenvalue weighted by Crippen LogP contribution is 2.17. The van der Waals surface area contributed by atoms with Gasteiger partial charge in [0.1, 0.15) is 0 Å². The van der Waals surface area contributed by atoms with Gasteiger partial charge in [0.15, 0.2) is 5.96 Å². The Morgan fingerprint density at radius 1 is 1.30 bits per heavy atom. The minimum Gasteiger partial charge on any atom is -0.378 e. The molecule has 0 amide bonds. The third-order valence-electron chi connectivity index (χ3n) is 3.82. The van der Waals surface area contributed by atoms with Crippen molar-refractivity contribution in [2.24, 2.45) is 10.7 Å². The summed E-state index contributed by atoms with van der Waals surface area (Å²) in [4.78, 5) is 6.55. The maximum atomic E-state index is 5.98. The number of hydrogen-bond donors (Lipinski definition) is 2. The molecule has 0 unspecified atom stereocenters. The van der Waals surface area contributed by atoms with Gasteiger partial charge in [-0.25, -0.2) is 4.99 Å². The van der Waals surface area contributed by atoms with Gasteiger partial charge in [0.25, 0.3) is 0 Å². The summed E-state index contributed by atoms with van der Waals surface area (Å²) in [6.45, 7) is 0.632. The lowest BCUT2D eigenvalue weighted by Gasteiger charge is -2.23. The summed E-state index contributed by atoms with van der Waals surface area (Å²) in [5, 5.41) is 3.34. The van der Waals surface area contributed by atoms with E-state index < -0.39 is 0 Å². The van der Waals surface area contributed by atoms with Gasteiger partial charge in [0.2, 0.25) is 0 Å². The molecule has 0 aromatic heterocycles. The minimum atomic E-state index is 0.514. The van der Waals surface area contributed by atoms with Gasteiger partial charge < -0.3 is 16.0 Å². The first-order valence-electron chi connectivity index (χ1n) is 7.48. The van der Waals surface area contributed by atoms with Crippen molar-refractivity contribution in [2.45, 2.75) is 44.7 Å². The van der Waals surface area contributed by atoms with Gasteiger partial charge in [-0.2, -0.15) is 0 Å². The lowest BCUT2D eigenvalue weighted by Crippen LogP contribution is -2.41. The Morgan fingerprint density at radius 3 is 2.75 bits per heavy atom. The second-order valence-corrected chi connectivity index (χ2v) is 5.75. The largest absolute Gasteiger partial charge is 0.378 e. The fourth-order valence-electron chi connectivity index (χ4n) is 2.61. The number of anilines is 1. The Labute approximate surface area is 122 Å². The van der Waals surface area contributed by atoms with Gasteiger partial charge in [-0.05, 0) is 30.5 Å². The Morgan fingerprint density at radius 2 is 2.05 bits per heavy atom. The highest BCUT2D eigenvalue weighted by molar-refractivity contribution is 5.78. The smallest absolute Gasteiger partial charge is 0.189 e. The van der Waals surface area contributed by atoms with Gasteiger partial charge >= 0.3 is 0 Å². The van der Waals surface area contributed by atoms with Crippen LogP contribution in [0.3, 0.4) is 0 Å². The van der Waals surface area contributed by atoms with Crippen molar-refractivity contribution in [1.29, 1.82) is 0 Å². The number of hydrogen-bond acceptors (Lipinski definition) is 2. The number of rotatable bonds is 4. The third-order valence-corrected chi connectivity index (χ3v) is 3.82. The topological polar surface area (TPSA) is 53.6 Å². The van der Waals surface area contributed by atoms with Crippen LogP contribution in [-0.2, 0) is 6.54 Å². The molecule has 1 aliphatic rings. The molecule has 1 saturated carbocycles. The molecule has 1 fully saturated rings. The summed E-state index contributed by atoms with van der Waals surface area (Å²) >= 11 is 0. The van der Waals surface area contributed by atoms with Crippen molar-refractivity contribution >= 4 is 11.6 Å². The Hall–Kier alpha value is -1.71. The lowest BCUT2D eigenvalue weighted by molar-refractivity contribution is 0.412. The van der Waals surface area contributed by atoms with Crippen LogP contribution in [0.15, 0.2) is 29.3 Å². The summed E-state index contributed by atoms with van der Waals surface area (Å²) in [5.41, 5.74) is 8.35. The van der Waals surface area contributed by atoms with Crippen LogP contribution in [0.1, 0.15) is 37.7 Å². The molecule has 0 spiro atoms. The van der Waals surface area contributed by atoms with E-state index in [1.165, 1.54) is 43.4 Å². The highest BCUT2D eigenvalue weighted by Gasteiger charge is 2.13. The fourth-order valence-corrected chi connectivity index (χ4v) is 2.61. The molecule has 110 valence electrons. The Bertz CT molecular complexity index is 448. The molecule has 2 rings (SSSR count). The van der Waals surface area contributed by atoms with E-state index in [-0.39, 0.29) is 0 Å². The van der Waals surface area contributed by atoms with Gasteiger partial charge in [0, 0.05) is 25.8 Å². The maximum absolute atomic E-state index is 5.98. The monoisotopic (exact) mass is 274 g/mol. The average Bonchev–Trinajstić information content (AvgIpc) is 2.46. The quantitative estimate of drug-likeness (QED) is 0.655. The first-order chi connectivity index (χ1) is 9.65. The summed E-state index contributed by atoms with van der Waals surface area (Å²) in [7, 11) is 4.09. The Balaban J connectivity index is 1.89. The van der Waals surface area contributed by atoms with Crippen LogP contribution in [0, 0.1) is 0 Å². The fraction of sp³-hybridized carbons (Fsp3) is 0.562. The van der Waals surface area contributed by atoms with Crippen molar-refractivity contribution in [3.63, 3.8) is 0 Å². The van der Waals surface area contributed by atoms with Crippen molar-refractivity contribution < 1.29 is 0 Å². The molecular weight excluding hydrogens is 248 g/mol. The van der Waals surface area contributed by atoms with Gasteiger partial charge in [0.05, 0.1) is 6.54 Å². The first-order valence-corrected chi connectivity index (χ1v) is 7.48. The van der Waals surface area contributed by atoms with Gasteiger partial charge in [-0.15, -0.1) is 0 Å².